The molecule has 1 unspecified atom stereocenters. The van der Waals surface area contributed by atoms with Crippen LogP contribution in [0.15, 0.2) is 54.6 Å². The minimum absolute atomic E-state index is 0.0116. The Labute approximate surface area is 130 Å². The quantitative estimate of drug-likeness (QED) is 0.851. The van der Waals surface area contributed by atoms with Gasteiger partial charge in [-0.25, -0.2) is 0 Å². The maximum atomic E-state index is 12.0. The molecule has 3 nitrogen and oxygen atoms in total. The van der Waals surface area contributed by atoms with Crippen LogP contribution < -0.4 is 10.6 Å². The van der Waals surface area contributed by atoms with E-state index in [1.165, 1.54) is 0 Å². The second-order valence-corrected chi connectivity index (χ2v) is 5.33. The zero-order chi connectivity index (χ0) is 15.2. The third kappa shape index (κ3) is 4.39. The van der Waals surface area contributed by atoms with Gasteiger partial charge in [0.1, 0.15) is 0 Å². The lowest BCUT2D eigenvalue weighted by Crippen LogP contribution is -2.35. The number of anilines is 1. The molecule has 0 aliphatic rings. The van der Waals surface area contributed by atoms with Crippen molar-refractivity contribution in [1.82, 2.24) is 5.32 Å². The molecule has 1 amide bonds. The van der Waals surface area contributed by atoms with E-state index >= 15 is 0 Å². The van der Waals surface area contributed by atoms with Crippen LogP contribution in [-0.2, 0) is 4.79 Å². The lowest BCUT2D eigenvalue weighted by Gasteiger charge is -2.16. The highest BCUT2D eigenvalue weighted by atomic mass is 32.1. The third-order valence-electron chi connectivity index (χ3n) is 3.16. The standard InChI is InChI=1S/C17H18N2OS/c1-12-8-10-15(11-9-12)19-16(20)17(21)18-13(2)14-6-4-3-5-7-14/h3-11,13H,1-2H3,(H,18,21)(H,19,20). The highest BCUT2D eigenvalue weighted by Crippen LogP contribution is 2.12. The fraction of sp³-hybridized carbons (Fsp3) is 0.176. The van der Waals surface area contributed by atoms with Gasteiger partial charge in [-0.15, -0.1) is 0 Å². The Morgan fingerprint density at radius 1 is 1.05 bits per heavy atom. The number of carbonyl (C=O) groups excluding carboxylic acids is 1. The molecule has 0 saturated carbocycles. The summed E-state index contributed by atoms with van der Waals surface area (Å²) in [5, 5.41) is 5.83. The lowest BCUT2D eigenvalue weighted by atomic mass is 10.1. The highest BCUT2D eigenvalue weighted by molar-refractivity contribution is 7.82. The molecule has 108 valence electrons. The van der Waals surface area contributed by atoms with Crippen molar-refractivity contribution in [1.29, 1.82) is 0 Å². The maximum absolute atomic E-state index is 12.0. The highest BCUT2D eigenvalue weighted by Gasteiger charge is 2.13. The second-order valence-electron chi connectivity index (χ2n) is 4.93. The Bertz CT molecular complexity index is 623. The number of aryl methyl sites for hydroxylation is 1. The molecule has 0 radical (unpaired) electrons. The van der Waals surface area contributed by atoms with E-state index in [9.17, 15) is 4.79 Å². The monoisotopic (exact) mass is 298 g/mol. The third-order valence-corrected chi connectivity index (χ3v) is 3.47. The Morgan fingerprint density at radius 3 is 2.29 bits per heavy atom. The summed E-state index contributed by atoms with van der Waals surface area (Å²) in [4.78, 5) is 12.2. The van der Waals surface area contributed by atoms with Gasteiger partial charge in [0.2, 0.25) is 0 Å². The largest absolute Gasteiger partial charge is 0.365 e. The topological polar surface area (TPSA) is 41.1 Å². The molecule has 0 spiro atoms. The van der Waals surface area contributed by atoms with Crippen LogP contribution in [0.5, 0.6) is 0 Å². The summed E-state index contributed by atoms with van der Waals surface area (Å²) in [5.74, 6) is -0.295. The van der Waals surface area contributed by atoms with Crippen molar-refractivity contribution in [3.63, 3.8) is 0 Å². The summed E-state index contributed by atoms with van der Waals surface area (Å²) < 4.78 is 0. The van der Waals surface area contributed by atoms with Crippen LogP contribution >= 0.6 is 12.2 Å². The molecule has 2 rings (SSSR count). The van der Waals surface area contributed by atoms with Crippen LogP contribution in [0.2, 0.25) is 0 Å². The van der Waals surface area contributed by atoms with Gasteiger partial charge in [0, 0.05) is 11.7 Å². The van der Waals surface area contributed by atoms with Gasteiger partial charge in [0.05, 0.1) is 0 Å². The van der Waals surface area contributed by atoms with Crippen LogP contribution in [-0.4, -0.2) is 10.9 Å². The number of carbonyl (C=O) groups is 1. The van der Waals surface area contributed by atoms with Crippen LogP contribution in [0, 0.1) is 6.92 Å². The van der Waals surface area contributed by atoms with Gasteiger partial charge < -0.3 is 10.6 Å². The molecule has 2 aromatic carbocycles. The summed E-state index contributed by atoms with van der Waals surface area (Å²) >= 11 is 5.15. The van der Waals surface area contributed by atoms with Gasteiger partial charge in [0.15, 0.2) is 4.99 Å². The minimum Gasteiger partial charge on any atom is -0.365 e. The first-order chi connectivity index (χ1) is 10.1. The molecule has 2 aromatic rings. The maximum Gasteiger partial charge on any atom is 0.283 e. The Morgan fingerprint density at radius 2 is 1.67 bits per heavy atom. The smallest absolute Gasteiger partial charge is 0.283 e. The molecular weight excluding hydrogens is 280 g/mol. The average Bonchev–Trinajstić information content (AvgIpc) is 2.50. The number of thiocarbonyl (C=S) groups is 1. The molecule has 0 aromatic heterocycles. The van der Waals surface area contributed by atoms with Crippen LogP contribution in [0.4, 0.5) is 5.69 Å². The minimum atomic E-state index is -0.295. The predicted molar refractivity (Wildman–Crippen MR) is 90.4 cm³/mol. The summed E-state index contributed by atoms with van der Waals surface area (Å²) in [6.07, 6.45) is 0. The first kappa shape index (κ1) is 15.2. The van der Waals surface area contributed by atoms with Crippen molar-refractivity contribution in [2.75, 3.05) is 5.32 Å². The molecule has 0 fully saturated rings. The van der Waals surface area contributed by atoms with Gasteiger partial charge in [-0.2, -0.15) is 0 Å². The molecule has 0 heterocycles. The molecule has 0 aliphatic heterocycles. The van der Waals surface area contributed by atoms with Crippen molar-refractivity contribution in [3.8, 4) is 0 Å². The van der Waals surface area contributed by atoms with E-state index in [-0.39, 0.29) is 16.9 Å². The van der Waals surface area contributed by atoms with Gasteiger partial charge >= 0.3 is 0 Å². The Balaban J connectivity index is 1.93. The molecule has 4 heteroatoms. The van der Waals surface area contributed by atoms with Crippen LogP contribution in [0.25, 0.3) is 0 Å². The van der Waals surface area contributed by atoms with Gasteiger partial charge in [-0.05, 0) is 31.5 Å². The molecule has 0 bridgehead atoms. The van der Waals surface area contributed by atoms with E-state index in [2.05, 4.69) is 10.6 Å². The zero-order valence-corrected chi connectivity index (χ0v) is 12.9. The summed E-state index contributed by atoms with van der Waals surface area (Å²) in [6, 6.07) is 17.5. The second kappa shape index (κ2) is 6.99. The number of hydrogen-bond acceptors (Lipinski definition) is 2. The Kier molecular flexibility index (Phi) is 5.06. The van der Waals surface area contributed by atoms with E-state index < -0.39 is 0 Å². The lowest BCUT2D eigenvalue weighted by molar-refractivity contribution is -0.110. The SMILES string of the molecule is Cc1ccc(NC(=O)C(=S)NC(C)c2ccccc2)cc1. The summed E-state index contributed by atoms with van der Waals surface area (Å²) in [5.41, 5.74) is 2.97. The van der Waals surface area contributed by atoms with E-state index in [0.29, 0.717) is 0 Å². The number of rotatable bonds is 3. The molecule has 21 heavy (non-hydrogen) atoms. The fourth-order valence-corrected chi connectivity index (χ4v) is 2.14. The van der Waals surface area contributed by atoms with Gasteiger partial charge in [0.25, 0.3) is 5.91 Å². The Hall–Kier alpha value is -2.20. The molecule has 1 atom stereocenters. The van der Waals surface area contributed by atoms with Crippen molar-refractivity contribution in [3.05, 3.63) is 65.7 Å². The number of amides is 1. The average molecular weight is 298 g/mol. The zero-order valence-electron chi connectivity index (χ0n) is 12.1. The van der Waals surface area contributed by atoms with Crippen molar-refractivity contribution in [2.24, 2.45) is 0 Å². The first-order valence-electron chi connectivity index (χ1n) is 6.79. The fourth-order valence-electron chi connectivity index (χ4n) is 1.91. The van der Waals surface area contributed by atoms with Crippen LogP contribution in [0.3, 0.4) is 0 Å². The first-order valence-corrected chi connectivity index (χ1v) is 7.20. The van der Waals surface area contributed by atoms with Crippen molar-refractivity contribution >= 4 is 28.8 Å². The van der Waals surface area contributed by atoms with Crippen molar-refractivity contribution < 1.29 is 4.79 Å². The summed E-state index contributed by atoms with van der Waals surface area (Å²) in [6.45, 7) is 3.97. The van der Waals surface area contributed by atoms with Gasteiger partial charge in [-0.1, -0.05) is 60.2 Å². The number of nitrogens with one attached hydrogen (secondary N) is 2. The van der Waals surface area contributed by atoms with E-state index in [1.807, 2.05) is 68.4 Å². The van der Waals surface area contributed by atoms with E-state index in [1.54, 1.807) is 0 Å². The normalized spacial score (nSPS) is 11.5. The van der Waals surface area contributed by atoms with Crippen LogP contribution in [0.1, 0.15) is 24.1 Å². The molecular formula is C17H18N2OS. The number of benzene rings is 2. The van der Waals surface area contributed by atoms with E-state index in [4.69, 9.17) is 12.2 Å². The molecule has 0 aliphatic carbocycles. The summed E-state index contributed by atoms with van der Waals surface area (Å²) in [7, 11) is 0. The molecule has 2 N–H and O–H groups in total. The van der Waals surface area contributed by atoms with E-state index in [0.717, 1.165) is 16.8 Å². The van der Waals surface area contributed by atoms with Gasteiger partial charge in [-0.3, -0.25) is 4.79 Å². The van der Waals surface area contributed by atoms with Crippen molar-refractivity contribution in [2.45, 2.75) is 19.9 Å². The molecule has 0 saturated heterocycles. The number of hydrogen-bond donors (Lipinski definition) is 2. The predicted octanol–water partition coefficient (Wildman–Crippen LogP) is 3.61.